The summed E-state index contributed by atoms with van der Waals surface area (Å²) in [7, 11) is 0. The zero-order chi connectivity index (χ0) is 21.1. The standard InChI is InChI=1S/C21H31N7O2/c1-16(2)20(21-22-23-24-27(21)18-6-4-3-5-7-18)26-14-12-25(13-15-26)17-8-10-19(11-9-17)28(29)30/h8-11,16,18,20H,3-7,12-15H2,1-2H3/p+1/t20-/m1/s1. The molecule has 1 aliphatic heterocycles. The summed E-state index contributed by atoms with van der Waals surface area (Å²) in [6.07, 6.45) is 6.18. The van der Waals surface area contributed by atoms with Gasteiger partial charge >= 0.3 is 0 Å². The molecule has 1 aliphatic carbocycles. The number of nitrogens with zero attached hydrogens (tertiary/aromatic N) is 6. The molecule has 2 aliphatic rings. The minimum absolute atomic E-state index is 0.137. The topological polar surface area (TPSA) is 94.4 Å². The molecule has 1 saturated heterocycles. The summed E-state index contributed by atoms with van der Waals surface area (Å²) in [6.45, 7) is 8.36. The van der Waals surface area contributed by atoms with E-state index in [1.54, 1.807) is 12.1 Å². The number of nitro benzene ring substituents is 1. The van der Waals surface area contributed by atoms with Crippen molar-refractivity contribution < 1.29 is 9.82 Å². The van der Waals surface area contributed by atoms with Crippen LogP contribution in [0.4, 0.5) is 11.4 Å². The molecule has 30 heavy (non-hydrogen) atoms. The third-order valence-corrected chi connectivity index (χ3v) is 6.65. The van der Waals surface area contributed by atoms with Gasteiger partial charge in [0.25, 0.3) is 5.69 Å². The summed E-state index contributed by atoms with van der Waals surface area (Å²) in [5.41, 5.74) is 1.19. The second-order valence-corrected chi connectivity index (χ2v) is 8.91. The van der Waals surface area contributed by atoms with Crippen LogP contribution in [0, 0.1) is 16.0 Å². The van der Waals surface area contributed by atoms with Crippen LogP contribution in [0.1, 0.15) is 63.9 Å². The molecule has 162 valence electrons. The lowest BCUT2D eigenvalue weighted by atomic mass is 9.94. The summed E-state index contributed by atoms with van der Waals surface area (Å²) >= 11 is 0. The molecule has 1 aromatic heterocycles. The molecule has 0 amide bonds. The molecule has 9 heteroatoms. The van der Waals surface area contributed by atoms with Crippen molar-refractivity contribution in [1.82, 2.24) is 20.2 Å². The van der Waals surface area contributed by atoms with E-state index in [9.17, 15) is 10.1 Å². The summed E-state index contributed by atoms with van der Waals surface area (Å²) in [4.78, 5) is 14.4. The van der Waals surface area contributed by atoms with Crippen LogP contribution in [0.3, 0.4) is 0 Å². The summed E-state index contributed by atoms with van der Waals surface area (Å²) in [5.74, 6) is 1.48. The first-order valence-electron chi connectivity index (χ1n) is 11.2. The smallest absolute Gasteiger partial charge is 0.269 e. The van der Waals surface area contributed by atoms with Crippen LogP contribution in [0.15, 0.2) is 24.3 Å². The lowest BCUT2D eigenvalue weighted by molar-refractivity contribution is -0.937. The van der Waals surface area contributed by atoms with Gasteiger partial charge in [0.1, 0.15) is 0 Å². The van der Waals surface area contributed by atoms with Crippen LogP contribution in [0.2, 0.25) is 0 Å². The average Bonchev–Trinajstić information content (AvgIpc) is 3.24. The molecule has 2 aromatic rings. The van der Waals surface area contributed by atoms with Gasteiger partial charge in [0, 0.05) is 23.7 Å². The number of piperazine rings is 1. The molecular formula is C21H32N7O2+. The van der Waals surface area contributed by atoms with Crippen molar-refractivity contribution in [2.75, 3.05) is 31.1 Å². The number of nitro groups is 1. The number of non-ortho nitro benzene ring substituents is 1. The van der Waals surface area contributed by atoms with Crippen molar-refractivity contribution in [2.24, 2.45) is 5.92 Å². The zero-order valence-electron chi connectivity index (χ0n) is 17.9. The normalized spacial score (nSPS) is 19.9. The maximum Gasteiger partial charge on any atom is 0.269 e. The number of tetrazole rings is 1. The van der Waals surface area contributed by atoms with Crippen molar-refractivity contribution in [2.45, 2.75) is 58.0 Å². The van der Waals surface area contributed by atoms with E-state index < -0.39 is 0 Å². The number of anilines is 1. The van der Waals surface area contributed by atoms with Crippen LogP contribution in [0.5, 0.6) is 0 Å². The third kappa shape index (κ3) is 4.30. The van der Waals surface area contributed by atoms with Gasteiger partial charge in [0.05, 0.1) is 37.1 Å². The molecular weight excluding hydrogens is 382 g/mol. The maximum absolute atomic E-state index is 10.9. The van der Waals surface area contributed by atoms with E-state index in [1.165, 1.54) is 37.0 Å². The highest BCUT2D eigenvalue weighted by Crippen LogP contribution is 2.30. The Labute approximate surface area is 177 Å². The molecule has 0 unspecified atom stereocenters. The molecule has 4 rings (SSSR count). The zero-order valence-corrected chi connectivity index (χ0v) is 17.9. The van der Waals surface area contributed by atoms with Gasteiger partial charge in [-0.05, 0) is 35.4 Å². The Bertz CT molecular complexity index is 837. The number of nitrogens with one attached hydrogen (secondary N) is 1. The molecule has 9 nitrogen and oxygen atoms in total. The highest BCUT2D eigenvalue weighted by atomic mass is 16.6. The number of rotatable bonds is 6. The van der Waals surface area contributed by atoms with Gasteiger partial charge in [0.2, 0.25) is 5.82 Å². The van der Waals surface area contributed by atoms with E-state index in [-0.39, 0.29) is 16.7 Å². The van der Waals surface area contributed by atoms with Crippen molar-refractivity contribution in [1.29, 1.82) is 0 Å². The van der Waals surface area contributed by atoms with E-state index in [1.807, 2.05) is 12.1 Å². The lowest BCUT2D eigenvalue weighted by Gasteiger charge is -2.38. The first-order chi connectivity index (χ1) is 14.5. The fourth-order valence-electron chi connectivity index (χ4n) is 5.09. The molecule has 1 atom stereocenters. The van der Waals surface area contributed by atoms with Crippen LogP contribution in [-0.2, 0) is 0 Å². The Kier molecular flexibility index (Phi) is 6.26. The number of benzene rings is 1. The van der Waals surface area contributed by atoms with Crippen LogP contribution in [-0.4, -0.2) is 51.3 Å². The number of hydrogen-bond donors (Lipinski definition) is 1. The molecule has 0 radical (unpaired) electrons. The summed E-state index contributed by atoms with van der Waals surface area (Å²) in [5, 5.41) is 23.9. The number of hydrogen-bond acceptors (Lipinski definition) is 6. The van der Waals surface area contributed by atoms with Gasteiger partial charge < -0.3 is 9.80 Å². The van der Waals surface area contributed by atoms with Gasteiger partial charge in [-0.3, -0.25) is 10.1 Å². The predicted molar refractivity (Wildman–Crippen MR) is 114 cm³/mol. The van der Waals surface area contributed by atoms with E-state index in [4.69, 9.17) is 0 Å². The van der Waals surface area contributed by atoms with Gasteiger partial charge in [-0.15, -0.1) is 5.10 Å². The van der Waals surface area contributed by atoms with E-state index in [0.717, 1.165) is 37.7 Å². The Morgan fingerprint density at radius 3 is 2.37 bits per heavy atom. The number of quaternary nitrogens is 1. The largest absolute Gasteiger partial charge is 0.360 e. The Hall–Kier alpha value is -2.55. The molecule has 1 saturated carbocycles. The Morgan fingerprint density at radius 1 is 1.10 bits per heavy atom. The van der Waals surface area contributed by atoms with Gasteiger partial charge in [-0.1, -0.05) is 33.1 Å². The summed E-state index contributed by atoms with van der Waals surface area (Å²) < 4.78 is 2.12. The maximum atomic E-state index is 10.9. The Morgan fingerprint density at radius 2 is 1.77 bits per heavy atom. The van der Waals surface area contributed by atoms with Gasteiger partial charge in [-0.25, -0.2) is 4.68 Å². The van der Waals surface area contributed by atoms with Crippen molar-refractivity contribution in [3.8, 4) is 0 Å². The monoisotopic (exact) mass is 414 g/mol. The first kappa shape index (κ1) is 20.7. The number of aromatic nitrogens is 4. The van der Waals surface area contributed by atoms with Crippen molar-refractivity contribution in [3.05, 3.63) is 40.2 Å². The van der Waals surface area contributed by atoms with Crippen molar-refractivity contribution in [3.63, 3.8) is 0 Å². The first-order valence-corrected chi connectivity index (χ1v) is 11.2. The fourth-order valence-corrected chi connectivity index (χ4v) is 5.09. The quantitative estimate of drug-likeness (QED) is 0.575. The third-order valence-electron chi connectivity index (χ3n) is 6.65. The van der Waals surface area contributed by atoms with Crippen LogP contribution >= 0.6 is 0 Å². The van der Waals surface area contributed by atoms with Crippen LogP contribution < -0.4 is 9.80 Å². The van der Waals surface area contributed by atoms with Crippen LogP contribution in [0.25, 0.3) is 0 Å². The predicted octanol–water partition coefficient (Wildman–Crippen LogP) is 2.19. The average molecular weight is 415 g/mol. The second kappa shape index (κ2) is 9.07. The molecule has 0 spiro atoms. The highest BCUT2D eigenvalue weighted by molar-refractivity contribution is 5.51. The van der Waals surface area contributed by atoms with E-state index >= 15 is 0 Å². The second-order valence-electron chi connectivity index (χ2n) is 8.91. The minimum Gasteiger partial charge on any atom is -0.360 e. The van der Waals surface area contributed by atoms with Crippen molar-refractivity contribution >= 4 is 11.4 Å². The fraction of sp³-hybridized carbons (Fsp3) is 0.667. The molecule has 0 bridgehead atoms. The molecule has 1 aromatic carbocycles. The lowest BCUT2D eigenvalue weighted by Crippen LogP contribution is -3.15. The highest BCUT2D eigenvalue weighted by Gasteiger charge is 2.36. The van der Waals surface area contributed by atoms with E-state index in [0.29, 0.717) is 12.0 Å². The molecule has 1 N–H and O–H groups in total. The van der Waals surface area contributed by atoms with Gasteiger partial charge in [-0.2, -0.15) is 0 Å². The Balaban J connectivity index is 1.46. The SMILES string of the molecule is CC(C)[C@H](c1nnnn1C1CCCCC1)[NH+]1CCN(c2ccc([N+](=O)[O-])cc2)CC1. The molecule has 2 fully saturated rings. The summed E-state index contributed by atoms with van der Waals surface area (Å²) in [6, 6.07) is 7.60. The molecule has 2 heterocycles. The van der Waals surface area contributed by atoms with Gasteiger partial charge in [0.15, 0.2) is 6.04 Å². The minimum atomic E-state index is -0.352. The van der Waals surface area contributed by atoms with E-state index in [2.05, 4.69) is 39.0 Å².